The van der Waals surface area contributed by atoms with Gasteiger partial charge in [-0.05, 0) is 29.8 Å². The summed E-state index contributed by atoms with van der Waals surface area (Å²) < 4.78 is 2.02. The molecule has 20 heavy (non-hydrogen) atoms. The third-order valence-electron chi connectivity index (χ3n) is 3.58. The van der Waals surface area contributed by atoms with Crippen molar-refractivity contribution >= 4 is 17.3 Å². The van der Waals surface area contributed by atoms with Crippen LogP contribution in [0.25, 0.3) is 16.8 Å². The molecule has 1 aliphatic rings. The summed E-state index contributed by atoms with van der Waals surface area (Å²) in [6, 6.07) is 11.5. The maximum absolute atomic E-state index is 9.23. The zero-order valence-electron chi connectivity index (χ0n) is 10.3. The van der Waals surface area contributed by atoms with E-state index in [0.29, 0.717) is 10.7 Å². The number of benzene rings is 1. The van der Waals surface area contributed by atoms with Crippen molar-refractivity contribution in [3.05, 3.63) is 65.2 Å². The molecule has 4 rings (SSSR count). The molecule has 0 spiro atoms. The summed E-state index contributed by atoms with van der Waals surface area (Å²) >= 11 is 5.93. The van der Waals surface area contributed by atoms with Crippen molar-refractivity contribution in [2.75, 3.05) is 0 Å². The Balaban J connectivity index is 1.98. The second-order valence-electron chi connectivity index (χ2n) is 4.64. The summed E-state index contributed by atoms with van der Waals surface area (Å²) in [6.45, 7) is 0. The van der Waals surface area contributed by atoms with Crippen LogP contribution < -0.4 is 0 Å². The molecule has 2 aromatic heterocycles. The van der Waals surface area contributed by atoms with Crippen LogP contribution >= 0.6 is 11.6 Å². The number of nitrogens with zero attached hydrogens (tertiary/aromatic N) is 2. The highest BCUT2D eigenvalue weighted by atomic mass is 35.5. The first-order valence-electron chi connectivity index (χ1n) is 6.17. The number of hydrogen-bond acceptors (Lipinski definition) is 2. The highest BCUT2D eigenvalue weighted by Crippen LogP contribution is 2.36. The molecule has 0 saturated heterocycles. The summed E-state index contributed by atoms with van der Waals surface area (Å²) in [5.41, 5.74) is 5.38. The highest BCUT2D eigenvalue weighted by molar-refractivity contribution is 6.30. The molecular weight excluding hydrogens is 274 g/mol. The van der Waals surface area contributed by atoms with Crippen molar-refractivity contribution in [1.29, 1.82) is 0 Å². The van der Waals surface area contributed by atoms with Gasteiger partial charge in [-0.15, -0.1) is 0 Å². The number of oxime groups is 1. The van der Waals surface area contributed by atoms with E-state index < -0.39 is 0 Å². The molecule has 2 N–H and O–H groups in total. The van der Waals surface area contributed by atoms with Crippen molar-refractivity contribution in [3.63, 3.8) is 0 Å². The van der Waals surface area contributed by atoms with Crippen LogP contribution in [0.2, 0.25) is 5.02 Å². The third-order valence-corrected chi connectivity index (χ3v) is 3.83. The third kappa shape index (κ3) is 1.39. The number of halogens is 1. The first-order chi connectivity index (χ1) is 9.79. The van der Waals surface area contributed by atoms with Crippen LogP contribution in [0.4, 0.5) is 0 Å². The summed E-state index contributed by atoms with van der Waals surface area (Å²) in [5, 5.41) is 13.3. The van der Waals surface area contributed by atoms with E-state index in [4.69, 9.17) is 11.6 Å². The average molecular weight is 284 g/mol. The van der Waals surface area contributed by atoms with Crippen LogP contribution in [-0.2, 0) is 0 Å². The van der Waals surface area contributed by atoms with Gasteiger partial charge in [0.2, 0.25) is 0 Å². The van der Waals surface area contributed by atoms with E-state index in [0.717, 1.165) is 28.2 Å². The Hall–Kier alpha value is -2.46. The molecule has 98 valence electrons. The molecule has 1 aliphatic heterocycles. The SMILES string of the molecule is O/N=C1\c2[nH]cc(-c3ccc(Cl)cc3)c2-n2cccc21. The maximum atomic E-state index is 9.23. The van der Waals surface area contributed by atoms with Crippen LogP contribution in [-0.4, -0.2) is 20.5 Å². The number of aromatic amines is 1. The molecule has 0 saturated carbocycles. The van der Waals surface area contributed by atoms with Gasteiger partial charge in [0.1, 0.15) is 0 Å². The van der Waals surface area contributed by atoms with Crippen molar-refractivity contribution < 1.29 is 5.21 Å². The van der Waals surface area contributed by atoms with Crippen molar-refractivity contribution in [2.24, 2.45) is 5.16 Å². The second-order valence-corrected chi connectivity index (χ2v) is 5.08. The van der Waals surface area contributed by atoms with Crippen molar-refractivity contribution in [2.45, 2.75) is 0 Å². The molecule has 0 unspecified atom stereocenters. The average Bonchev–Trinajstić information content (AvgIpc) is 3.11. The predicted octanol–water partition coefficient (Wildman–Crippen LogP) is 3.67. The van der Waals surface area contributed by atoms with Crippen LogP contribution in [0, 0.1) is 0 Å². The number of H-pyrrole nitrogens is 1. The first-order valence-corrected chi connectivity index (χ1v) is 6.55. The van der Waals surface area contributed by atoms with Gasteiger partial charge in [0.05, 0.1) is 17.1 Å². The molecular formula is C15H10ClN3O. The Morgan fingerprint density at radius 1 is 1.15 bits per heavy atom. The molecule has 3 heterocycles. The molecule has 4 nitrogen and oxygen atoms in total. The summed E-state index contributed by atoms with van der Waals surface area (Å²) in [7, 11) is 0. The Kier molecular flexibility index (Phi) is 2.28. The number of aromatic nitrogens is 2. The molecule has 0 amide bonds. The fourth-order valence-electron chi connectivity index (χ4n) is 2.69. The number of hydrogen-bond donors (Lipinski definition) is 2. The number of nitrogens with one attached hydrogen (secondary N) is 1. The molecule has 0 fully saturated rings. The lowest BCUT2D eigenvalue weighted by Crippen LogP contribution is -1.98. The van der Waals surface area contributed by atoms with E-state index in [1.807, 2.05) is 53.4 Å². The highest BCUT2D eigenvalue weighted by Gasteiger charge is 2.29. The van der Waals surface area contributed by atoms with E-state index in [1.165, 1.54) is 0 Å². The Morgan fingerprint density at radius 2 is 1.95 bits per heavy atom. The lowest BCUT2D eigenvalue weighted by atomic mass is 10.1. The van der Waals surface area contributed by atoms with Gasteiger partial charge in [-0.2, -0.15) is 0 Å². The molecule has 0 bridgehead atoms. The van der Waals surface area contributed by atoms with E-state index in [9.17, 15) is 5.21 Å². The smallest absolute Gasteiger partial charge is 0.152 e. The van der Waals surface area contributed by atoms with Gasteiger partial charge in [0, 0.05) is 23.0 Å². The van der Waals surface area contributed by atoms with Gasteiger partial charge in [0.25, 0.3) is 0 Å². The van der Waals surface area contributed by atoms with Gasteiger partial charge in [-0.25, -0.2) is 0 Å². The monoisotopic (exact) mass is 283 g/mol. The maximum Gasteiger partial charge on any atom is 0.152 e. The van der Waals surface area contributed by atoms with Gasteiger partial charge in [0.15, 0.2) is 5.71 Å². The summed E-state index contributed by atoms with van der Waals surface area (Å²) in [6.07, 6.45) is 3.88. The Bertz CT molecular complexity index is 827. The molecule has 0 atom stereocenters. The summed E-state index contributed by atoms with van der Waals surface area (Å²) in [5.74, 6) is 0. The van der Waals surface area contributed by atoms with Crippen LogP contribution in [0.15, 0.2) is 53.9 Å². The summed E-state index contributed by atoms with van der Waals surface area (Å²) in [4.78, 5) is 3.19. The molecule has 3 aromatic rings. The van der Waals surface area contributed by atoms with Gasteiger partial charge in [-0.3, -0.25) is 0 Å². The van der Waals surface area contributed by atoms with Crippen molar-refractivity contribution in [3.8, 4) is 16.8 Å². The van der Waals surface area contributed by atoms with E-state index in [-0.39, 0.29) is 0 Å². The van der Waals surface area contributed by atoms with Gasteiger partial charge >= 0.3 is 0 Å². The second kappa shape index (κ2) is 4.02. The zero-order valence-corrected chi connectivity index (χ0v) is 11.1. The van der Waals surface area contributed by atoms with E-state index in [1.54, 1.807) is 0 Å². The Labute approximate surface area is 119 Å². The minimum absolute atomic E-state index is 0.560. The largest absolute Gasteiger partial charge is 0.410 e. The molecule has 0 aliphatic carbocycles. The normalized spacial score (nSPS) is 14.6. The molecule has 1 aromatic carbocycles. The first kappa shape index (κ1) is 11.4. The lowest BCUT2D eigenvalue weighted by Gasteiger charge is -2.04. The fourth-order valence-corrected chi connectivity index (χ4v) is 2.82. The van der Waals surface area contributed by atoms with Crippen LogP contribution in [0.3, 0.4) is 0 Å². The lowest BCUT2D eigenvalue weighted by molar-refractivity contribution is 0.319. The van der Waals surface area contributed by atoms with Gasteiger partial charge < -0.3 is 14.8 Å². The quantitative estimate of drug-likeness (QED) is 0.406. The molecule has 0 radical (unpaired) electrons. The van der Waals surface area contributed by atoms with Crippen LogP contribution in [0.5, 0.6) is 0 Å². The number of fused-ring (bicyclic) bond motifs is 3. The number of rotatable bonds is 1. The predicted molar refractivity (Wildman–Crippen MR) is 78.0 cm³/mol. The van der Waals surface area contributed by atoms with E-state index in [2.05, 4.69) is 10.1 Å². The van der Waals surface area contributed by atoms with Crippen LogP contribution in [0.1, 0.15) is 11.4 Å². The minimum atomic E-state index is 0.560. The Morgan fingerprint density at radius 3 is 2.70 bits per heavy atom. The standard InChI is InChI=1S/C15H10ClN3O/c16-10-5-3-9(4-6-10)11-8-17-14-13(18-20)12-2-1-7-19(12)15(11)14/h1-8,17,20H/b18-13-. The zero-order chi connectivity index (χ0) is 13.7. The van der Waals surface area contributed by atoms with Gasteiger partial charge in [-0.1, -0.05) is 28.9 Å². The van der Waals surface area contributed by atoms with E-state index >= 15 is 0 Å². The topological polar surface area (TPSA) is 53.3 Å². The minimum Gasteiger partial charge on any atom is -0.410 e. The fraction of sp³-hybridized carbons (Fsp3) is 0. The molecule has 5 heteroatoms. The van der Waals surface area contributed by atoms with Crippen molar-refractivity contribution in [1.82, 2.24) is 9.55 Å².